The van der Waals surface area contributed by atoms with Gasteiger partial charge in [-0.25, -0.2) is 22.8 Å². The molecule has 2 aromatic heterocycles. The molecule has 0 saturated heterocycles. The Hall–Kier alpha value is -3.06. The van der Waals surface area contributed by atoms with Crippen LogP contribution in [0, 0.1) is 5.82 Å². The average Bonchev–Trinajstić information content (AvgIpc) is 3.28. The van der Waals surface area contributed by atoms with Gasteiger partial charge >= 0.3 is 6.43 Å². The van der Waals surface area contributed by atoms with Crippen molar-refractivity contribution in [2.45, 2.75) is 33.7 Å². The third-order valence-electron chi connectivity index (χ3n) is 4.60. The highest BCUT2D eigenvalue weighted by molar-refractivity contribution is 7.89. The van der Waals surface area contributed by atoms with Crippen molar-refractivity contribution in [2.24, 2.45) is 0 Å². The van der Waals surface area contributed by atoms with Gasteiger partial charge in [0.1, 0.15) is 5.82 Å². The van der Waals surface area contributed by atoms with Crippen molar-refractivity contribution in [3.63, 3.8) is 0 Å². The summed E-state index contributed by atoms with van der Waals surface area (Å²) in [7, 11) is -3.47. The molecule has 1 unspecified atom stereocenters. The molecule has 0 spiro atoms. The van der Waals surface area contributed by atoms with E-state index < -0.39 is 34.2 Å². The summed E-state index contributed by atoms with van der Waals surface area (Å²) < 4.78 is 69.6. The molecule has 9 nitrogen and oxygen atoms in total. The predicted molar refractivity (Wildman–Crippen MR) is 116 cm³/mol. The van der Waals surface area contributed by atoms with E-state index in [1.807, 2.05) is 0 Å². The molecule has 13 heteroatoms. The van der Waals surface area contributed by atoms with Crippen LogP contribution in [0.3, 0.4) is 0 Å². The Kier molecular flexibility index (Phi) is 8.88. The lowest BCUT2D eigenvalue weighted by Crippen LogP contribution is -2.37. The van der Waals surface area contributed by atoms with Crippen LogP contribution >= 0.6 is 0 Å². The highest BCUT2D eigenvalue weighted by Crippen LogP contribution is 2.24. The van der Waals surface area contributed by atoms with Crippen LogP contribution in [0.25, 0.3) is 11.5 Å². The van der Waals surface area contributed by atoms with E-state index in [2.05, 4.69) is 25.5 Å². The van der Waals surface area contributed by atoms with Gasteiger partial charge in [0.15, 0.2) is 0 Å². The van der Waals surface area contributed by atoms with Crippen LogP contribution in [-0.2, 0) is 10.0 Å². The standard InChI is InChI=1S/C19H21F3N6O3S.CH4/c1-3-28(32(29,30)4-2)11-15(12-5-7-14(20)8-6-12)25-19-23-9-13(10-24-19)17-26-27-18(31-17)16(21)22;/h5-10,15-16H,3-4,11H2,1-2H3,(H,23,24,25);1H4. The Morgan fingerprint density at radius 1 is 1.09 bits per heavy atom. The number of halogens is 3. The summed E-state index contributed by atoms with van der Waals surface area (Å²) in [5.74, 6) is -1.32. The zero-order chi connectivity index (χ0) is 23.3. The topological polar surface area (TPSA) is 114 Å². The fourth-order valence-corrected chi connectivity index (χ4v) is 4.00. The largest absolute Gasteiger partial charge is 0.415 e. The van der Waals surface area contributed by atoms with Crippen molar-refractivity contribution >= 4 is 16.0 Å². The summed E-state index contributed by atoms with van der Waals surface area (Å²) in [6, 6.07) is 5.04. The molecule has 180 valence electrons. The number of hydrogen-bond acceptors (Lipinski definition) is 8. The van der Waals surface area contributed by atoms with Crippen LogP contribution in [-0.4, -0.2) is 51.7 Å². The zero-order valence-corrected chi connectivity index (χ0v) is 18.1. The van der Waals surface area contributed by atoms with E-state index in [1.165, 1.54) is 41.0 Å². The highest BCUT2D eigenvalue weighted by Gasteiger charge is 2.24. The summed E-state index contributed by atoms with van der Waals surface area (Å²) in [5, 5.41) is 9.83. The van der Waals surface area contributed by atoms with Crippen molar-refractivity contribution in [1.82, 2.24) is 24.5 Å². The molecular weight excluding hydrogens is 461 g/mol. The van der Waals surface area contributed by atoms with E-state index in [4.69, 9.17) is 4.42 Å². The molecule has 0 fully saturated rings. The van der Waals surface area contributed by atoms with E-state index in [-0.39, 0.29) is 43.7 Å². The molecule has 0 aliphatic heterocycles. The molecule has 0 amide bonds. The maximum Gasteiger partial charge on any atom is 0.314 e. The summed E-state index contributed by atoms with van der Waals surface area (Å²) in [5.41, 5.74) is 0.860. The molecular formula is C20H25F3N6O3S. The molecule has 3 rings (SSSR count). The maximum atomic E-state index is 13.4. The number of alkyl halides is 2. The number of sulfonamides is 1. The number of nitrogens with one attached hydrogen (secondary N) is 1. The van der Waals surface area contributed by atoms with Gasteiger partial charge in [-0.1, -0.05) is 26.5 Å². The minimum atomic E-state index is -3.47. The molecule has 0 aliphatic rings. The quantitative estimate of drug-likeness (QED) is 0.456. The molecule has 0 bridgehead atoms. The van der Waals surface area contributed by atoms with Gasteiger partial charge in [0.25, 0.3) is 11.8 Å². The van der Waals surface area contributed by atoms with Gasteiger partial charge in [-0.15, -0.1) is 10.2 Å². The van der Waals surface area contributed by atoms with Crippen molar-refractivity contribution in [3.8, 4) is 11.5 Å². The van der Waals surface area contributed by atoms with E-state index in [1.54, 1.807) is 13.8 Å². The molecule has 0 radical (unpaired) electrons. The lowest BCUT2D eigenvalue weighted by molar-refractivity contribution is 0.116. The number of hydrogen-bond donors (Lipinski definition) is 1. The van der Waals surface area contributed by atoms with Crippen LogP contribution in [0.1, 0.15) is 45.2 Å². The number of rotatable bonds is 10. The first-order chi connectivity index (χ1) is 15.2. The van der Waals surface area contributed by atoms with E-state index >= 15 is 0 Å². The first-order valence-corrected chi connectivity index (χ1v) is 11.3. The number of anilines is 1. The first kappa shape index (κ1) is 26.2. The number of aromatic nitrogens is 4. The van der Waals surface area contributed by atoms with Crippen molar-refractivity contribution in [2.75, 3.05) is 24.2 Å². The summed E-state index contributed by atoms with van der Waals surface area (Å²) >= 11 is 0. The molecule has 2 heterocycles. The van der Waals surface area contributed by atoms with Gasteiger partial charge in [-0.05, 0) is 24.6 Å². The number of likely N-dealkylation sites (N-methyl/N-ethyl adjacent to an activating group) is 1. The monoisotopic (exact) mass is 486 g/mol. The Bertz CT molecular complexity index is 1120. The van der Waals surface area contributed by atoms with Crippen LogP contribution in [0.2, 0.25) is 0 Å². The fraction of sp³-hybridized carbons (Fsp3) is 0.400. The zero-order valence-electron chi connectivity index (χ0n) is 17.2. The SMILES string of the molecule is C.CCN(CC(Nc1ncc(-c2nnc(C(F)F)o2)cn1)c1ccc(F)cc1)S(=O)(=O)CC. The minimum absolute atomic E-state index is 0. The van der Waals surface area contributed by atoms with Gasteiger partial charge in [-0.3, -0.25) is 0 Å². The summed E-state index contributed by atoms with van der Waals surface area (Å²) in [4.78, 5) is 8.26. The number of benzene rings is 1. The van der Waals surface area contributed by atoms with Gasteiger partial charge < -0.3 is 9.73 Å². The second-order valence-corrected chi connectivity index (χ2v) is 8.90. The van der Waals surface area contributed by atoms with Gasteiger partial charge in [0, 0.05) is 25.5 Å². The second kappa shape index (κ2) is 11.2. The molecule has 3 aromatic rings. The first-order valence-electron chi connectivity index (χ1n) is 9.67. The predicted octanol–water partition coefficient (Wildman–Crippen LogP) is 4.06. The molecule has 0 saturated carbocycles. The summed E-state index contributed by atoms with van der Waals surface area (Å²) in [6.07, 6.45) is -0.282. The molecule has 0 aliphatic carbocycles. The van der Waals surface area contributed by atoms with Crippen LogP contribution in [0.15, 0.2) is 41.1 Å². The van der Waals surface area contributed by atoms with Gasteiger partial charge in [0.2, 0.25) is 16.0 Å². The third kappa shape index (κ3) is 6.48. The van der Waals surface area contributed by atoms with E-state index in [0.717, 1.165) is 0 Å². The Balaban J connectivity index is 0.00000385. The van der Waals surface area contributed by atoms with Crippen LogP contribution < -0.4 is 5.32 Å². The maximum absolute atomic E-state index is 13.4. The average molecular weight is 487 g/mol. The Labute approximate surface area is 190 Å². The Morgan fingerprint density at radius 2 is 1.73 bits per heavy atom. The third-order valence-corrected chi connectivity index (χ3v) is 6.52. The lowest BCUT2D eigenvalue weighted by Gasteiger charge is -2.26. The summed E-state index contributed by atoms with van der Waals surface area (Å²) in [6.45, 7) is 3.58. The number of nitrogens with zero attached hydrogens (tertiary/aromatic N) is 5. The fourth-order valence-electron chi connectivity index (χ4n) is 2.86. The Morgan fingerprint density at radius 3 is 2.24 bits per heavy atom. The van der Waals surface area contributed by atoms with Crippen LogP contribution in [0.5, 0.6) is 0 Å². The second-order valence-electron chi connectivity index (χ2n) is 6.64. The molecule has 1 aromatic carbocycles. The van der Waals surface area contributed by atoms with Crippen molar-refractivity contribution in [1.29, 1.82) is 0 Å². The lowest BCUT2D eigenvalue weighted by atomic mass is 10.1. The molecule has 1 N–H and O–H groups in total. The van der Waals surface area contributed by atoms with Gasteiger partial charge in [-0.2, -0.15) is 13.1 Å². The highest BCUT2D eigenvalue weighted by atomic mass is 32.2. The smallest absolute Gasteiger partial charge is 0.314 e. The van der Waals surface area contributed by atoms with Crippen LogP contribution in [0.4, 0.5) is 19.1 Å². The van der Waals surface area contributed by atoms with Crippen molar-refractivity contribution in [3.05, 3.63) is 53.9 Å². The van der Waals surface area contributed by atoms with Gasteiger partial charge in [0.05, 0.1) is 17.4 Å². The molecule has 33 heavy (non-hydrogen) atoms. The minimum Gasteiger partial charge on any atom is -0.415 e. The van der Waals surface area contributed by atoms with E-state index in [9.17, 15) is 21.6 Å². The van der Waals surface area contributed by atoms with E-state index in [0.29, 0.717) is 5.56 Å². The van der Waals surface area contributed by atoms with Crippen molar-refractivity contribution < 1.29 is 26.0 Å². The normalized spacial score (nSPS) is 12.6. The molecule has 1 atom stereocenters.